The van der Waals surface area contributed by atoms with Crippen LogP contribution in [0.2, 0.25) is 0 Å². The first-order chi connectivity index (χ1) is 9.20. The topological polar surface area (TPSA) is 77.2 Å². The molecule has 1 amide bonds. The summed E-state index contributed by atoms with van der Waals surface area (Å²) in [6.45, 7) is 2.94. The van der Waals surface area contributed by atoms with Crippen molar-refractivity contribution in [1.29, 1.82) is 0 Å². The van der Waals surface area contributed by atoms with Crippen LogP contribution < -0.4 is 11.1 Å². The number of pyridine rings is 1. The summed E-state index contributed by atoms with van der Waals surface area (Å²) >= 11 is 0. The molecule has 2 atom stereocenters. The second kappa shape index (κ2) is 6.32. The Morgan fingerprint density at radius 1 is 1.68 bits per heavy atom. The molecule has 0 aliphatic carbocycles. The van der Waals surface area contributed by atoms with Gasteiger partial charge in [0.1, 0.15) is 11.9 Å². The summed E-state index contributed by atoms with van der Waals surface area (Å²) in [5.74, 6) is 6.23. The highest BCUT2D eigenvalue weighted by Crippen LogP contribution is 2.21. The van der Waals surface area contributed by atoms with E-state index in [1.807, 2.05) is 6.92 Å². The first-order valence-electron chi connectivity index (χ1n) is 6.28. The maximum absolute atomic E-state index is 12.0. The zero-order valence-electron chi connectivity index (χ0n) is 10.8. The van der Waals surface area contributed by atoms with Crippen molar-refractivity contribution in [3.05, 3.63) is 23.9 Å². The molecule has 0 spiro atoms. The molecule has 5 heteroatoms. The van der Waals surface area contributed by atoms with Gasteiger partial charge in [-0.15, -0.1) is 0 Å². The highest BCUT2D eigenvalue weighted by molar-refractivity contribution is 5.93. The van der Waals surface area contributed by atoms with Gasteiger partial charge in [0.25, 0.3) is 5.91 Å². The van der Waals surface area contributed by atoms with Gasteiger partial charge in [-0.25, -0.2) is 4.98 Å². The molecule has 1 aliphatic rings. The molecule has 2 unspecified atom stereocenters. The molecule has 0 bridgehead atoms. The van der Waals surface area contributed by atoms with E-state index in [4.69, 9.17) is 10.5 Å². The van der Waals surface area contributed by atoms with Gasteiger partial charge in [-0.2, -0.15) is 0 Å². The number of nitrogens with two attached hydrogens (primary N) is 1. The molecule has 1 aliphatic heterocycles. The van der Waals surface area contributed by atoms with E-state index in [0.29, 0.717) is 19.0 Å². The van der Waals surface area contributed by atoms with Crippen LogP contribution in [0.4, 0.5) is 5.82 Å². The fourth-order valence-corrected chi connectivity index (χ4v) is 1.96. The number of anilines is 1. The van der Waals surface area contributed by atoms with Crippen molar-refractivity contribution >= 4 is 11.7 Å². The minimum Gasteiger partial charge on any atom is -0.368 e. The predicted octanol–water partition coefficient (Wildman–Crippen LogP) is 0.755. The van der Waals surface area contributed by atoms with Crippen LogP contribution in [-0.4, -0.2) is 30.1 Å². The molecule has 0 aromatic carbocycles. The van der Waals surface area contributed by atoms with Crippen molar-refractivity contribution < 1.29 is 9.53 Å². The quantitative estimate of drug-likeness (QED) is 0.769. The highest BCUT2D eigenvalue weighted by Gasteiger charge is 2.30. The summed E-state index contributed by atoms with van der Waals surface area (Å²) in [5.41, 5.74) is 6.09. The van der Waals surface area contributed by atoms with Gasteiger partial charge < -0.3 is 15.8 Å². The molecule has 100 valence electrons. The number of nitrogens with zero attached hydrogens (tertiary/aromatic N) is 1. The number of hydrogen-bond donors (Lipinski definition) is 2. The van der Waals surface area contributed by atoms with E-state index in [-0.39, 0.29) is 17.9 Å². The van der Waals surface area contributed by atoms with Gasteiger partial charge in [0, 0.05) is 18.4 Å². The van der Waals surface area contributed by atoms with E-state index in [1.165, 1.54) is 0 Å². The normalized spacial score (nSPS) is 21.6. The van der Waals surface area contributed by atoms with Gasteiger partial charge in [0.05, 0.1) is 6.54 Å². The Morgan fingerprint density at radius 2 is 2.53 bits per heavy atom. The molecule has 0 radical (unpaired) electrons. The van der Waals surface area contributed by atoms with Gasteiger partial charge >= 0.3 is 0 Å². The van der Waals surface area contributed by atoms with Crippen molar-refractivity contribution in [3.8, 4) is 11.8 Å². The largest absolute Gasteiger partial charge is 0.368 e. The first kappa shape index (κ1) is 13.5. The first-order valence-corrected chi connectivity index (χ1v) is 6.28. The number of carbonyl (C=O) groups excluding carboxylic acids is 1. The lowest BCUT2D eigenvalue weighted by molar-refractivity contribution is -0.126. The van der Waals surface area contributed by atoms with Crippen LogP contribution in [0.15, 0.2) is 18.3 Å². The number of amides is 1. The highest BCUT2D eigenvalue weighted by atomic mass is 16.5. The number of ether oxygens (including phenoxy) is 1. The molecule has 3 N–H and O–H groups in total. The van der Waals surface area contributed by atoms with E-state index >= 15 is 0 Å². The lowest BCUT2D eigenvalue weighted by atomic mass is 10.0. The van der Waals surface area contributed by atoms with Crippen LogP contribution in [0.1, 0.15) is 18.9 Å². The van der Waals surface area contributed by atoms with Crippen LogP contribution in [0.5, 0.6) is 0 Å². The number of rotatable bonds is 2. The number of hydrogen-bond acceptors (Lipinski definition) is 4. The van der Waals surface area contributed by atoms with Gasteiger partial charge in [0.15, 0.2) is 0 Å². The summed E-state index contributed by atoms with van der Waals surface area (Å²) < 4.78 is 5.41. The lowest BCUT2D eigenvalue weighted by Gasteiger charge is -2.13. The molecule has 1 aromatic rings. The van der Waals surface area contributed by atoms with Crippen LogP contribution in [0.25, 0.3) is 0 Å². The Balaban J connectivity index is 2.04. The summed E-state index contributed by atoms with van der Waals surface area (Å²) in [7, 11) is 0. The maximum atomic E-state index is 12.0. The molecule has 1 aromatic heterocycles. The Bertz CT molecular complexity index is 519. The fourth-order valence-electron chi connectivity index (χ4n) is 1.96. The Kier molecular flexibility index (Phi) is 4.50. The molecular formula is C14H17N3O2. The molecule has 5 nitrogen and oxygen atoms in total. The number of carbonyl (C=O) groups is 1. The average molecular weight is 259 g/mol. The SMILES string of the molecule is CC1CCOC1C(=O)Nc1cc(C#CCN)ccn1. The standard InChI is InChI=1S/C14H17N3O2/c1-10-5-8-19-13(10)14(18)17-12-9-11(3-2-6-15)4-7-16-12/h4,7,9-10,13H,5-6,8,15H2,1H3,(H,16,17,18). The minimum atomic E-state index is -0.388. The third kappa shape index (κ3) is 3.53. The van der Waals surface area contributed by atoms with Gasteiger partial charge in [-0.05, 0) is 24.5 Å². The molecule has 19 heavy (non-hydrogen) atoms. The lowest BCUT2D eigenvalue weighted by Crippen LogP contribution is -2.31. The second-order valence-electron chi connectivity index (χ2n) is 4.48. The van der Waals surface area contributed by atoms with Crippen LogP contribution >= 0.6 is 0 Å². The molecule has 0 saturated carbocycles. The average Bonchev–Trinajstić information content (AvgIpc) is 2.83. The van der Waals surface area contributed by atoms with Gasteiger partial charge in [0.2, 0.25) is 0 Å². The smallest absolute Gasteiger partial charge is 0.254 e. The van der Waals surface area contributed by atoms with E-state index in [1.54, 1.807) is 18.3 Å². The Labute approximate surface area is 112 Å². The molecule has 2 heterocycles. The fraction of sp³-hybridized carbons (Fsp3) is 0.429. The van der Waals surface area contributed by atoms with Gasteiger partial charge in [-0.3, -0.25) is 4.79 Å². The van der Waals surface area contributed by atoms with Crippen LogP contribution in [0, 0.1) is 17.8 Å². The van der Waals surface area contributed by atoms with Crippen molar-refractivity contribution in [2.24, 2.45) is 11.7 Å². The molecule has 1 saturated heterocycles. The zero-order chi connectivity index (χ0) is 13.7. The van der Waals surface area contributed by atoms with E-state index in [9.17, 15) is 4.79 Å². The Morgan fingerprint density at radius 3 is 3.21 bits per heavy atom. The van der Waals surface area contributed by atoms with Crippen molar-refractivity contribution in [2.45, 2.75) is 19.4 Å². The van der Waals surface area contributed by atoms with Crippen molar-refractivity contribution in [3.63, 3.8) is 0 Å². The third-order valence-corrected chi connectivity index (χ3v) is 2.99. The van der Waals surface area contributed by atoms with Gasteiger partial charge in [-0.1, -0.05) is 18.8 Å². The molecular weight excluding hydrogens is 242 g/mol. The van der Waals surface area contributed by atoms with E-state index in [0.717, 1.165) is 12.0 Å². The summed E-state index contributed by atoms with van der Waals surface area (Å²) in [4.78, 5) is 16.1. The Hall–Kier alpha value is -1.90. The maximum Gasteiger partial charge on any atom is 0.254 e. The van der Waals surface area contributed by atoms with E-state index in [2.05, 4.69) is 22.1 Å². The minimum absolute atomic E-state index is 0.151. The number of nitrogens with one attached hydrogen (secondary N) is 1. The zero-order valence-corrected chi connectivity index (χ0v) is 10.8. The third-order valence-electron chi connectivity index (χ3n) is 2.99. The summed E-state index contributed by atoms with van der Waals surface area (Å²) in [5, 5.41) is 2.76. The molecule has 1 fully saturated rings. The van der Waals surface area contributed by atoms with Crippen LogP contribution in [0.3, 0.4) is 0 Å². The van der Waals surface area contributed by atoms with Crippen LogP contribution in [-0.2, 0) is 9.53 Å². The van der Waals surface area contributed by atoms with Crippen molar-refractivity contribution in [2.75, 3.05) is 18.5 Å². The summed E-state index contributed by atoms with van der Waals surface area (Å²) in [6, 6.07) is 3.49. The predicted molar refractivity (Wildman–Crippen MR) is 72.3 cm³/mol. The molecule has 2 rings (SSSR count). The second-order valence-corrected chi connectivity index (χ2v) is 4.48. The van der Waals surface area contributed by atoms with E-state index < -0.39 is 0 Å². The number of aromatic nitrogens is 1. The monoisotopic (exact) mass is 259 g/mol. The van der Waals surface area contributed by atoms with Crippen molar-refractivity contribution in [1.82, 2.24) is 4.98 Å². The summed E-state index contributed by atoms with van der Waals surface area (Å²) in [6.07, 6.45) is 2.13.